The average Bonchev–Trinajstić information content (AvgIpc) is 3.15. The maximum absolute atomic E-state index is 5.14. The molecule has 3 aromatic rings. The highest BCUT2D eigenvalue weighted by Gasteiger charge is 2.05. The Morgan fingerprint density at radius 3 is 2.96 bits per heavy atom. The fraction of sp³-hybridized carbons (Fsp3) is 0.333. The number of hydrogen-bond donors (Lipinski definition) is 3. The molecule has 0 amide bonds. The number of nitrogens with zero attached hydrogens (tertiary/aromatic N) is 4. The molecule has 0 atom stereocenters. The first-order chi connectivity index (χ1) is 11.2. The zero-order valence-corrected chi connectivity index (χ0v) is 13.1. The molecule has 0 aliphatic rings. The van der Waals surface area contributed by atoms with E-state index in [0.717, 1.165) is 35.8 Å². The van der Waals surface area contributed by atoms with Crippen LogP contribution in [0.4, 0.5) is 17.6 Å². The van der Waals surface area contributed by atoms with Gasteiger partial charge in [-0.3, -0.25) is 5.10 Å². The van der Waals surface area contributed by atoms with Crippen LogP contribution >= 0.6 is 0 Å². The average molecular weight is 313 g/mol. The van der Waals surface area contributed by atoms with Gasteiger partial charge in [-0.25, -0.2) is 4.98 Å². The Labute approximate surface area is 133 Å². The van der Waals surface area contributed by atoms with Crippen LogP contribution in [-0.2, 0) is 13.0 Å². The third-order valence-corrected chi connectivity index (χ3v) is 3.16. The summed E-state index contributed by atoms with van der Waals surface area (Å²) in [6.07, 6.45) is 3.73. The first-order valence-corrected chi connectivity index (χ1v) is 7.53. The van der Waals surface area contributed by atoms with E-state index in [-0.39, 0.29) is 0 Å². The highest BCUT2D eigenvalue weighted by molar-refractivity contribution is 5.52. The highest BCUT2D eigenvalue weighted by Crippen LogP contribution is 2.15. The van der Waals surface area contributed by atoms with Gasteiger partial charge in [0.25, 0.3) is 0 Å². The Morgan fingerprint density at radius 1 is 1.26 bits per heavy atom. The van der Waals surface area contributed by atoms with Crippen molar-refractivity contribution in [2.24, 2.45) is 0 Å². The monoisotopic (exact) mass is 313 g/mol. The van der Waals surface area contributed by atoms with E-state index in [1.54, 1.807) is 12.3 Å². The smallest absolute Gasteiger partial charge is 0.224 e. The zero-order valence-electron chi connectivity index (χ0n) is 13.1. The molecule has 3 aromatic heterocycles. The third kappa shape index (κ3) is 4.06. The molecule has 0 bridgehead atoms. The van der Waals surface area contributed by atoms with Gasteiger partial charge in [0.2, 0.25) is 5.95 Å². The maximum Gasteiger partial charge on any atom is 0.224 e. The Balaban J connectivity index is 1.62. The second-order valence-corrected chi connectivity index (χ2v) is 5.21. The molecule has 0 aliphatic heterocycles. The molecule has 0 saturated carbocycles. The Bertz CT molecular complexity index is 765. The Hall–Kier alpha value is -2.90. The number of nitrogens with one attached hydrogen (secondary N) is 3. The van der Waals surface area contributed by atoms with Crippen molar-refractivity contribution in [3.8, 4) is 0 Å². The van der Waals surface area contributed by atoms with Crippen LogP contribution in [0.1, 0.15) is 30.5 Å². The molecule has 0 saturated heterocycles. The largest absolute Gasteiger partial charge is 0.359 e. The lowest BCUT2D eigenvalue weighted by Crippen LogP contribution is -2.04. The summed E-state index contributed by atoms with van der Waals surface area (Å²) >= 11 is 0. The van der Waals surface area contributed by atoms with Crippen LogP contribution in [0.25, 0.3) is 0 Å². The second-order valence-electron chi connectivity index (χ2n) is 5.21. The van der Waals surface area contributed by atoms with Crippen LogP contribution < -0.4 is 10.6 Å². The van der Waals surface area contributed by atoms with Gasteiger partial charge < -0.3 is 15.2 Å². The molecule has 0 unspecified atom stereocenters. The molecule has 120 valence electrons. The predicted molar refractivity (Wildman–Crippen MR) is 86.5 cm³/mol. The van der Waals surface area contributed by atoms with Gasteiger partial charge in [-0.1, -0.05) is 18.5 Å². The summed E-state index contributed by atoms with van der Waals surface area (Å²) in [6, 6.07) is 5.64. The predicted octanol–water partition coefficient (Wildman–Crippen LogP) is 2.80. The number of hydrogen-bond acceptors (Lipinski definition) is 7. The molecule has 23 heavy (non-hydrogen) atoms. The van der Waals surface area contributed by atoms with Crippen LogP contribution in [-0.4, -0.2) is 25.3 Å². The molecular weight excluding hydrogens is 294 g/mol. The molecule has 0 spiro atoms. The number of aromatic amines is 1. The third-order valence-electron chi connectivity index (χ3n) is 3.16. The SMILES string of the molecule is CCCc1cc(Nc2ccnc(NCc3cc(C)no3)n2)n[nH]1. The Kier molecular flexibility index (Phi) is 4.51. The standard InChI is InChI=1S/C15H19N7O/c1-3-4-11-8-14(21-20-11)18-13-5-6-16-15(19-13)17-9-12-7-10(2)22-23-12/h5-8H,3-4,9H2,1-2H3,(H3,16,17,18,19,20,21). The fourth-order valence-corrected chi connectivity index (χ4v) is 2.13. The first kappa shape index (κ1) is 15.0. The zero-order chi connectivity index (χ0) is 16.1. The van der Waals surface area contributed by atoms with E-state index in [4.69, 9.17) is 4.52 Å². The summed E-state index contributed by atoms with van der Waals surface area (Å²) in [4.78, 5) is 8.58. The summed E-state index contributed by atoms with van der Waals surface area (Å²) < 4.78 is 5.14. The second kappa shape index (κ2) is 6.91. The minimum Gasteiger partial charge on any atom is -0.359 e. The van der Waals surface area contributed by atoms with Crippen LogP contribution in [0.3, 0.4) is 0 Å². The van der Waals surface area contributed by atoms with Crippen molar-refractivity contribution in [3.05, 3.63) is 41.5 Å². The van der Waals surface area contributed by atoms with Crippen molar-refractivity contribution >= 4 is 17.6 Å². The lowest BCUT2D eigenvalue weighted by molar-refractivity contribution is 0.384. The molecule has 0 aromatic carbocycles. The van der Waals surface area contributed by atoms with E-state index in [9.17, 15) is 0 Å². The van der Waals surface area contributed by atoms with Crippen LogP contribution in [0.5, 0.6) is 0 Å². The van der Waals surface area contributed by atoms with Crippen molar-refractivity contribution in [2.45, 2.75) is 33.2 Å². The summed E-state index contributed by atoms with van der Waals surface area (Å²) in [5.74, 6) is 2.66. The quantitative estimate of drug-likeness (QED) is 0.616. The first-order valence-electron chi connectivity index (χ1n) is 7.53. The minimum absolute atomic E-state index is 0.480. The normalized spacial score (nSPS) is 10.7. The van der Waals surface area contributed by atoms with Gasteiger partial charge in [-0.05, 0) is 19.4 Å². The highest BCUT2D eigenvalue weighted by atomic mass is 16.5. The van der Waals surface area contributed by atoms with Crippen LogP contribution in [0.2, 0.25) is 0 Å². The molecular formula is C15H19N7O. The van der Waals surface area contributed by atoms with E-state index in [2.05, 4.69) is 42.9 Å². The summed E-state index contributed by atoms with van der Waals surface area (Å²) in [5.41, 5.74) is 1.95. The van der Waals surface area contributed by atoms with Crippen molar-refractivity contribution in [1.29, 1.82) is 0 Å². The minimum atomic E-state index is 0.480. The Morgan fingerprint density at radius 2 is 2.17 bits per heavy atom. The summed E-state index contributed by atoms with van der Waals surface area (Å²) in [7, 11) is 0. The molecule has 3 N–H and O–H groups in total. The lowest BCUT2D eigenvalue weighted by atomic mass is 10.2. The molecule has 8 heteroatoms. The lowest BCUT2D eigenvalue weighted by Gasteiger charge is -2.05. The van der Waals surface area contributed by atoms with Gasteiger partial charge in [0.15, 0.2) is 11.6 Å². The number of aromatic nitrogens is 5. The van der Waals surface area contributed by atoms with Gasteiger partial charge in [0.05, 0.1) is 12.2 Å². The van der Waals surface area contributed by atoms with Gasteiger partial charge in [-0.2, -0.15) is 10.1 Å². The van der Waals surface area contributed by atoms with Crippen molar-refractivity contribution in [2.75, 3.05) is 10.6 Å². The van der Waals surface area contributed by atoms with E-state index >= 15 is 0 Å². The maximum atomic E-state index is 5.14. The van der Waals surface area contributed by atoms with Gasteiger partial charge >= 0.3 is 0 Å². The fourth-order valence-electron chi connectivity index (χ4n) is 2.13. The van der Waals surface area contributed by atoms with Gasteiger partial charge in [0, 0.05) is 24.0 Å². The van der Waals surface area contributed by atoms with E-state index in [1.165, 1.54) is 0 Å². The van der Waals surface area contributed by atoms with E-state index in [1.807, 2.05) is 19.1 Å². The number of rotatable bonds is 7. The molecule has 8 nitrogen and oxygen atoms in total. The van der Waals surface area contributed by atoms with Crippen molar-refractivity contribution in [3.63, 3.8) is 0 Å². The van der Waals surface area contributed by atoms with E-state index < -0.39 is 0 Å². The number of anilines is 3. The van der Waals surface area contributed by atoms with E-state index in [0.29, 0.717) is 18.3 Å². The van der Waals surface area contributed by atoms with Crippen molar-refractivity contribution < 1.29 is 4.52 Å². The van der Waals surface area contributed by atoms with Gasteiger partial charge in [0.1, 0.15) is 5.82 Å². The summed E-state index contributed by atoms with van der Waals surface area (Å²) in [6.45, 7) is 4.49. The summed E-state index contributed by atoms with van der Waals surface area (Å²) in [5, 5.41) is 17.3. The molecule has 3 rings (SSSR count). The van der Waals surface area contributed by atoms with Crippen LogP contribution in [0, 0.1) is 6.92 Å². The van der Waals surface area contributed by atoms with Crippen LogP contribution in [0.15, 0.2) is 28.9 Å². The number of H-pyrrole nitrogens is 1. The van der Waals surface area contributed by atoms with Gasteiger partial charge in [-0.15, -0.1) is 0 Å². The molecule has 0 aliphatic carbocycles. The molecule has 0 radical (unpaired) electrons. The number of aryl methyl sites for hydroxylation is 2. The van der Waals surface area contributed by atoms with Crippen molar-refractivity contribution in [1.82, 2.24) is 25.3 Å². The topological polar surface area (TPSA) is 105 Å². The molecule has 0 fully saturated rings. The molecule has 3 heterocycles.